The van der Waals surface area contributed by atoms with E-state index in [1.54, 1.807) is 4.90 Å². The van der Waals surface area contributed by atoms with Crippen LogP contribution in [0.2, 0.25) is 0 Å². The molecule has 1 saturated heterocycles. The maximum absolute atomic E-state index is 11.6. The molecule has 0 radical (unpaired) electrons. The van der Waals surface area contributed by atoms with Gasteiger partial charge < -0.3 is 10.2 Å². The molecule has 2 rings (SSSR count). The maximum atomic E-state index is 11.6. The predicted octanol–water partition coefficient (Wildman–Crippen LogP) is 0.911. The van der Waals surface area contributed by atoms with Crippen LogP contribution >= 0.6 is 12.6 Å². The van der Waals surface area contributed by atoms with Crippen molar-refractivity contribution in [2.75, 3.05) is 24.5 Å². The van der Waals surface area contributed by atoms with E-state index in [1.165, 1.54) is 0 Å². The number of carbonyl (C=O) groups is 1. The van der Waals surface area contributed by atoms with Crippen molar-refractivity contribution < 1.29 is 4.79 Å². The maximum Gasteiger partial charge on any atom is 0.241 e. The number of hydrogen-bond acceptors (Lipinski definition) is 3. The van der Waals surface area contributed by atoms with Crippen molar-refractivity contribution in [1.82, 2.24) is 5.32 Å². The first-order chi connectivity index (χ1) is 6.79. The quantitative estimate of drug-likeness (QED) is 0.672. The van der Waals surface area contributed by atoms with Gasteiger partial charge in [0, 0.05) is 18.0 Å². The molecule has 1 fully saturated rings. The van der Waals surface area contributed by atoms with Crippen molar-refractivity contribution in [3.63, 3.8) is 0 Å². The molecule has 14 heavy (non-hydrogen) atoms. The van der Waals surface area contributed by atoms with Crippen LogP contribution in [0.3, 0.4) is 0 Å². The van der Waals surface area contributed by atoms with Crippen molar-refractivity contribution in [3.05, 3.63) is 24.3 Å². The Morgan fingerprint density at radius 2 is 2.14 bits per heavy atom. The number of rotatable bonds is 1. The van der Waals surface area contributed by atoms with Crippen LogP contribution in [0.25, 0.3) is 0 Å². The minimum atomic E-state index is 0.109. The molecule has 3 nitrogen and oxygen atoms in total. The van der Waals surface area contributed by atoms with E-state index in [-0.39, 0.29) is 5.91 Å². The summed E-state index contributed by atoms with van der Waals surface area (Å²) in [6, 6.07) is 7.65. The average Bonchev–Trinajstić information content (AvgIpc) is 2.20. The largest absolute Gasteiger partial charge is 0.309 e. The molecule has 0 unspecified atom stereocenters. The Hall–Kier alpha value is -1.00. The Morgan fingerprint density at radius 3 is 2.86 bits per heavy atom. The highest BCUT2D eigenvalue weighted by Gasteiger charge is 2.20. The SMILES string of the molecule is O=C1CNCCN1c1ccccc1S. The standard InChI is InChI=1S/C10H12N2OS/c13-10-7-11-5-6-12(10)8-3-1-2-4-9(8)14/h1-4,11,14H,5-7H2. The molecule has 1 aliphatic rings. The molecule has 1 aliphatic heterocycles. The lowest BCUT2D eigenvalue weighted by molar-refractivity contribution is -0.118. The van der Waals surface area contributed by atoms with Gasteiger partial charge >= 0.3 is 0 Å². The van der Waals surface area contributed by atoms with Gasteiger partial charge in [-0.05, 0) is 12.1 Å². The lowest BCUT2D eigenvalue weighted by atomic mass is 10.2. The van der Waals surface area contributed by atoms with Gasteiger partial charge in [-0.15, -0.1) is 12.6 Å². The van der Waals surface area contributed by atoms with Gasteiger partial charge in [-0.25, -0.2) is 0 Å². The predicted molar refractivity (Wildman–Crippen MR) is 58.9 cm³/mol. The first kappa shape index (κ1) is 9.55. The zero-order valence-electron chi connectivity index (χ0n) is 7.73. The van der Waals surface area contributed by atoms with Gasteiger partial charge in [0.1, 0.15) is 0 Å². The zero-order chi connectivity index (χ0) is 9.97. The number of hydrogen-bond donors (Lipinski definition) is 2. The molecule has 0 saturated carbocycles. The number of benzene rings is 1. The number of piperazine rings is 1. The molecule has 0 spiro atoms. The molecule has 4 heteroatoms. The lowest BCUT2D eigenvalue weighted by Gasteiger charge is -2.28. The molecule has 0 atom stereocenters. The molecular weight excluding hydrogens is 196 g/mol. The average molecular weight is 208 g/mol. The second kappa shape index (κ2) is 4.02. The third-order valence-corrected chi connectivity index (χ3v) is 2.64. The molecule has 0 aliphatic carbocycles. The Labute approximate surface area is 88.5 Å². The molecule has 0 bridgehead atoms. The summed E-state index contributed by atoms with van der Waals surface area (Å²) < 4.78 is 0. The summed E-state index contributed by atoms with van der Waals surface area (Å²) in [5.74, 6) is 0.109. The second-order valence-electron chi connectivity index (χ2n) is 3.21. The normalized spacial score (nSPS) is 17.2. The van der Waals surface area contributed by atoms with Crippen LogP contribution in [0.5, 0.6) is 0 Å². The summed E-state index contributed by atoms with van der Waals surface area (Å²) in [7, 11) is 0. The number of carbonyl (C=O) groups excluding carboxylic acids is 1. The van der Waals surface area contributed by atoms with E-state index in [9.17, 15) is 4.79 Å². The van der Waals surface area contributed by atoms with E-state index in [0.717, 1.165) is 23.7 Å². The van der Waals surface area contributed by atoms with Gasteiger partial charge in [0.25, 0.3) is 0 Å². The molecule has 1 N–H and O–H groups in total. The number of anilines is 1. The van der Waals surface area contributed by atoms with Crippen molar-refractivity contribution >= 4 is 24.2 Å². The van der Waals surface area contributed by atoms with Crippen LogP contribution in [0.1, 0.15) is 0 Å². The Morgan fingerprint density at radius 1 is 1.36 bits per heavy atom. The summed E-state index contributed by atoms with van der Waals surface area (Å²) in [4.78, 5) is 14.2. The fourth-order valence-corrected chi connectivity index (χ4v) is 1.83. The van der Waals surface area contributed by atoms with Crippen molar-refractivity contribution in [2.24, 2.45) is 0 Å². The molecule has 0 aromatic heterocycles. The summed E-state index contributed by atoms with van der Waals surface area (Å²) in [5.41, 5.74) is 0.905. The first-order valence-corrected chi connectivity index (χ1v) is 5.03. The van der Waals surface area contributed by atoms with Gasteiger partial charge in [-0.1, -0.05) is 12.1 Å². The van der Waals surface area contributed by atoms with Crippen LogP contribution < -0.4 is 10.2 Å². The molecule has 74 valence electrons. The van der Waals surface area contributed by atoms with Gasteiger partial charge in [0.05, 0.1) is 12.2 Å². The minimum Gasteiger partial charge on any atom is -0.309 e. The van der Waals surface area contributed by atoms with E-state index in [0.29, 0.717) is 6.54 Å². The Kier molecular flexibility index (Phi) is 2.74. The molecule has 1 amide bonds. The Bertz CT molecular complexity index is 354. The van der Waals surface area contributed by atoms with Crippen LogP contribution in [-0.4, -0.2) is 25.5 Å². The topological polar surface area (TPSA) is 32.3 Å². The third kappa shape index (κ3) is 1.76. The number of nitrogens with one attached hydrogen (secondary N) is 1. The number of thiol groups is 1. The number of amides is 1. The van der Waals surface area contributed by atoms with Gasteiger partial charge in [-0.3, -0.25) is 4.79 Å². The lowest BCUT2D eigenvalue weighted by Crippen LogP contribution is -2.48. The van der Waals surface area contributed by atoms with Crippen molar-refractivity contribution in [2.45, 2.75) is 4.90 Å². The highest BCUT2D eigenvalue weighted by atomic mass is 32.1. The summed E-state index contributed by atoms with van der Waals surface area (Å²) in [6.07, 6.45) is 0. The van der Waals surface area contributed by atoms with Crippen LogP contribution in [0.4, 0.5) is 5.69 Å². The highest BCUT2D eigenvalue weighted by Crippen LogP contribution is 2.23. The molecule has 1 heterocycles. The molecular formula is C10H12N2OS. The van der Waals surface area contributed by atoms with Crippen molar-refractivity contribution in [1.29, 1.82) is 0 Å². The minimum absolute atomic E-state index is 0.109. The molecule has 1 aromatic rings. The number of nitrogens with zero attached hydrogens (tertiary/aromatic N) is 1. The van der Waals surface area contributed by atoms with Crippen molar-refractivity contribution in [3.8, 4) is 0 Å². The summed E-state index contributed by atoms with van der Waals surface area (Å²) in [5, 5.41) is 3.04. The van der Waals surface area contributed by atoms with E-state index >= 15 is 0 Å². The fourth-order valence-electron chi connectivity index (χ4n) is 1.55. The Balaban J connectivity index is 2.29. The smallest absolute Gasteiger partial charge is 0.241 e. The van der Waals surface area contributed by atoms with Crippen LogP contribution in [0, 0.1) is 0 Å². The van der Waals surface area contributed by atoms with E-state index < -0.39 is 0 Å². The molecule has 1 aromatic carbocycles. The second-order valence-corrected chi connectivity index (χ2v) is 3.69. The number of para-hydroxylation sites is 1. The first-order valence-electron chi connectivity index (χ1n) is 4.58. The van der Waals surface area contributed by atoms with Crippen LogP contribution in [-0.2, 0) is 4.79 Å². The highest BCUT2D eigenvalue weighted by molar-refractivity contribution is 7.80. The van der Waals surface area contributed by atoms with E-state index in [4.69, 9.17) is 0 Å². The van der Waals surface area contributed by atoms with Gasteiger partial charge in [0.15, 0.2) is 0 Å². The van der Waals surface area contributed by atoms with E-state index in [2.05, 4.69) is 17.9 Å². The third-order valence-electron chi connectivity index (χ3n) is 2.26. The summed E-state index contributed by atoms with van der Waals surface area (Å²) in [6.45, 7) is 1.98. The van der Waals surface area contributed by atoms with Gasteiger partial charge in [0.2, 0.25) is 5.91 Å². The van der Waals surface area contributed by atoms with Crippen LogP contribution in [0.15, 0.2) is 29.2 Å². The summed E-state index contributed by atoms with van der Waals surface area (Å²) >= 11 is 4.33. The monoisotopic (exact) mass is 208 g/mol. The fraction of sp³-hybridized carbons (Fsp3) is 0.300. The van der Waals surface area contributed by atoms with E-state index in [1.807, 2.05) is 24.3 Å². The van der Waals surface area contributed by atoms with Gasteiger partial charge in [-0.2, -0.15) is 0 Å². The zero-order valence-corrected chi connectivity index (χ0v) is 8.63.